The molecule has 0 spiro atoms. The van der Waals surface area contributed by atoms with Crippen LogP contribution in [0.25, 0.3) is 11.8 Å². The van der Waals surface area contributed by atoms with Crippen molar-refractivity contribution >= 4 is 11.9 Å². The van der Waals surface area contributed by atoms with Gasteiger partial charge < -0.3 is 14.3 Å². The van der Waals surface area contributed by atoms with E-state index in [1.165, 1.54) is 25.1 Å². The molecule has 0 atom stereocenters. The summed E-state index contributed by atoms with van der Waals surface area (Å²) in [5.74, 6) is -0.190. The second-order valence-electron chi connectivity index (χ2n) is 6.95. The van der Waals surface area contributed by atoms with Crippen LogP contribution in [0.5, 0.6) is 11.5 Å². The summed E-state index contributed by atoms with van der Waals surface area (Å²) in [6.45, 7) is 1.77. The Morgan fingerprint density at radius 3 is 2.62 bits per heavy atom. The highest BCUT2D eigenvalue weighted by molar-refractivity contribution is 6.08. The number of carbonyl (C=O) groups excluding carboxylic acids is 1. The normalized spacial score (nSPS) is 11.0. The molecule has 0 fully saturated rings. The number of para-hydroxylation sites is 1. The standard InChI is InChI=1S/C24H19N3O5/c1-16-13-22(29)23(24(30)32-16)21(28)12-9-17-7-10-20(11-8-17)31-15-18-14-27(26-25-18)19-5-3-2-4-6-19/h2-14,29H,15H2,1H3/b12-9+. The first-order valence-electron chi connectivity index (χ1n) is 9.75. The van der Waals surface area contributed by atoms with Gasteiger partial charge in [-0.05, 0) is 42.8 Å². The third-order valence-corrected chi connectivity index (χ3v) is 4.56. The average molecular weight is 429 g/mol. The predicted octanol–water partition coefficient (Wildman–Crippen LogP) is 3.71. The van der Waals surface area contributed by atoms with E-state index in [4.69, 9.17) is 9.15 Å². The molecule has 160 valence electrons. The molecule has 0 radical (unpaired) electrons. The van der Waals surface area contributed by atoms with Crippen molar-refractivity contribution in [1.29, 1.82) is 0 Å². The summed E-state index contributed by atoms with van der Waals surface area (Å²) in [6.07, 6.45) is 4.55. The van der Waals surface area contributed by atoms with Gasteiger partial charge in [0.2, 0.25) is 0 Å². The van der Waals surface area contributed by atoms with Gasteiger partial charge in [-0.3, -0.25) is 4.79 Å². The zero-order valence-corrected chi connectivity index (χ0v) is 17.1. The highest BCUT2D eigenvalue weighted by atomic mass is 16.5. The quantitative estimate of drug-likeness (QED) is 0.352. The first-order chi connectivity index (χ1) is 15.5. The number of ketones is 1. The first kappa shape index (κ1) is 20.8. The molecule has 2 heterocycles. The lowest BCUT2D eigenvalue weighted by molar-refractivity contribution is 0.104. The van der Waals surface area contributed by atoms with E-state index in [1.807, 2.05) is 30.3 Å². The number of rotatable bonds is 7. The number of hydrogen-bond acceptors (Lipinski definition) is 7. The molecule has 4 aromatic rings. The van der Waals surface area contributed by atoms with Gasteiger partial charge in [-0.1, -0.05) is 41.6 Å². The van der Waals surface area contributed by atoms with Gasteiger partial charge in [0.05, 0.1) is 11.9 Å². The highest BCUT2D eigenvalue weighted by Crippen LogP contribution is 2.18. The van der Waals surface area contributed by atoms with Crippen LogP contribution in [-0.2, 0) is 6.61 Å². The molecule has 0 amide bonds. The number of aryl methyl sites for hydroxylation is 1. The SMILES string of the molecule is Cc1cc(O)c(C(=O)/C=C/c2ccc(OCc3cn(-c4ccccc4)nn3)cc2)c(=O)o1. The van der Waals surface area contributed by atoms with E-state index in [0.29, 0.717) is 11.4 Å². The van der Waals surface area contributed by atoms with Crippen LogP contribution in [0.4, 0.5) is 0 Å². The lowest BCUT2D eigenvalue weighted by Gasteiger charge is -2.04. The Morgan fingerprint density at radius 2 is 1.91 bits per heavy atom. The maximum absolute atomic E-state index is 12.3. The predicted molar refractivity (Wildman–Crippen MR) is 117 cm³/mol. The number of benzene rings is 2. The summed E-state index contributed by atoms with van der Waals surface area (Å²) >= 11 is 0. The fourth-order valence-corrected chi connectivity index (χ4v) is 2.98. The third kappa shape index (κ3) is 4.81. The first-order valence-corrected chi connectivity index (χ1v) is 9.75. The maximum Gasteiger partial charge on any atom is 0.351 e. The smallest absolute Gasteiger partial charge is 0.351 e. The van der Waals surface area contributed by atoms with Gasteiger partial charge in [0.1, 0.15) is 35.1 Å². The van der Waals surface area contributed by atoms with Gasteiger partial charge in [-0.25, -0.2) is 9.48 Å². The Kier molecular flexibility index (Phi) is 5.94. The lowest BCUT2D eigenvalue weighted by atomic mass is 10.1. The summed E-state index contributed by atoms with van der Waals surface area (Å²) in [5.41, 5.74) is 1.05. The second kappa shape index (κ2) is 9.13. The minimum Gasteiger partial charge on any atom is -0.507 e. The van der Waals surface area contributed by atoms with Crippen molar-refractivity contribution in [3.63, 3.8) is 0 Å². The molecule has 8 heteroatoms. The monoisotopic (exact) mass is 429 g/mol. The molecule has 32 heavy (non-hydrogen) atoms. The van der Waals surface area contributed by atoms with Gasteiger partial charge in [0.25, 0.3) is 0 Å². The Balaban J connectivity index is 1.37. The van der Waals surface area contributed by atoms with Crippen LogP contribution < -0.4 is 10.4 Å². The number of allylic oxidation sites excluding steroid dienone is 1. The number of carbonyl (C=O) groups is 1. The highest BCUT2D eigenvalue weighted by Gasteiger charge is 2.15. The van der Waals surface area contributed by atoms with Gasteiger partial charge in [-0.15, -0.1) is 5.10 Å². The Bertz CT molecular complexity index is 1320. The largest absolute Gasteiger partial charge is 0.507 e. The molecule has 0 bridgehead atoms. The molecule has 0 aliphatic rings. The fourth-order valence-electron chi connectivity index (χ4n) is 2.98. The molecule has 2 aromatic heterocycles. The van der Waals surface area contributed by atoms with Crippen LogP contribution in [0.2, 0.25) is 0 Å². The van der Waals surface area contributed by atoms with Crippen molar-refractivity contribution in [2.45, 2.75) is 13.5 Å². The van der Waals surface area contributed by atoms with Crippen molar-refractivity contribution in [1.82, 2.24) is 15.0 Å². The van der Waals surface area contributed by atoms with E-state index in [-0.39, 0.29) is 12.4 Å². The molecule has 1 N–H and O–H groups in total. The Hall–Kier alpha value is -4.46. The second-order valence-corrected chi connectivity index (χ2v) is 6.95. The summed E-state index contributed by atoms with van der Waals surface area (Å²) in [7, 11) is 0. The van der Waals surface area contributed by atoms with E-state index in [1.54, 1.807) is 35.1 Å². The number of ether oxygens (including phenoxy) is 1. The van der Waals surface area contributed by atoms with E-state index < -0.39 is 22.7 Å². The summed E-state index contributed by atoms with van der Waals surface area (Å²) in [6, 6.07) is 17.9. The number of aromatic nitrogens is 3. The number of aromatic hydroxyl groups is 1. The van der Waals surface area contributed by atoms with Crippen LogP contribution in [0.3, 0.4) is 0 Å². The topological polar surface area (TPSA) is 107 Å². The molecule has 0 aliphatic heterocycles. The molecular weight excluding hydrogens is 410 g/mol. The van der Waals surface area contributed by atoms with Crippen LogP contribution >= 0.6 is 0 Å². The zero-order chi connectivity index (χ0) is 22.5. The molecule has 0 unspecified atom stereocenters. The third-order valence-electron chi connectivity index (χ3n) is 4.56. The molecular formula is C24H19N3O5. The summed E-state index contributed by atoms with van der Waals surface area (Å²) < 4.78 is 12.3. The van der Waals surface area contributed by atoms with Crippen LogP contribution in [-0.4, -0.2) is 25.9 Å². The Morgan fingerprint density at radius 1 is 1.16 bits per heavy atom. The van der Waals surface area contributed by atoms with Crippen LogP contribution in [0, 0.1) is 6.92 Å². The van der Waals surface area contributed by atoms with Crippen LogP contribution in [0.15, 0.2) is 82.1 Å². The zero-order valence-electron chi connectivity index (χ0n) is 17.1. The molecule has 4 rings (SSSR count). The Labute approximate surface area is 183 Å². The summed E-state index contributed by atoms with van der Waals surface area (Å²) in [5, 5.41) is 18.1. The maximum atomic E-state index is 12.3. The van der Waals surface area contributed by atoms with Crippen molar-refractivity contribution in [2.75, 3.05) is 0 Å². The van der Waals surface area contributed by atoms with Gasteiger partial charge in [0.15, 0.2) is 5.78 Å². The van der Waals surface area contributed by atoms with E-state index >= 15 is 0 Å². The van der Waals surface area contributed by atoms with Crippen molar-refractivity contribution < 1.29 is 19.1 Å². The molecule has 0 saturated carbocycles. The van der Waals surface area contributed by atoms with Crippen molar-refractivity contribution in [3.05, 3.63) is 106 Å². The average Bonchev–Trinajstić information content (AvgIpc) is 3.26. The summed E-state index contributed by atoms with van der Waals surface area (Å²) in [4.78, 5) is 24.1. The number of nitrogens with zero attached hydrogens (tertiary/aromatic N) is 3. The molecule has 8 nitrogen and oxygen atoms in total. The van der Waals surface area contributed by atoms with E-state index in [2.05, 4.69) is 10.3 Å². The van der Waals surface area contributed by atoms with Gasteiger partial charge in [-0.2, -0.15) is 0 Å². The van der Waals surface area contributed by atoms with E-state index in [0.717, 1.165) is 11.3 Å². The van der Waals surface area contributed by atoms with Crippen molar-refractivity contribution in [2.24, 2.45) is 0 Å². The minimum absolute atomic E-state index is 0.228. The van der Waals surface area contributed by atoms with E-state index in [9.17, 15) is 14.7 Å². The molecule has 0 aliphatic carbocycles. The number of hydrogen-bond donors (Lipinski definition) is 1. The van der Waals surface area contributed by atoms with Crippen molar-refractivity contribution in [3.8, 4) is 17.2 Å². The fraction of sp³-hybridized carbons (Fsp3) is 0.0833. The van der Waals surface area contributed by atoms with Gasteiger partial charge >= 0.3 is 5.63 Å². The minimum atomic E-state index is -0.870. The van der Waals surface area contributed by atoms with Gasteiger partial charge in [0, 0.05) is 6.07 Å². The lowest BCUT2D eigenvalue weighted by Crippen LogP contribution is -2.12. The molecule has 0 saturated heterocycles. The molecule has 2 aromatic carbocycles. The van der Waals surface area contributed by atoms with Crippen LogP contribution in [0.1, 0.15) is 27.4 Å².